The first-order valence-electron chi connectivity index (χ1n) is 5.18. The molecule has 0 N–H and O–H groups in total. The number of aromatic nitrogens is 3. The van der Waals surface area contributed by atoms with Gasteiger partial charge in [-0.05, 0) is 12.5 Å². The molecular weight excluding hydrogens is 210 g/mol. The van der Waals surface area contributed by atoms with Crippen LogP contribution in [0.4, 0.5) is 0 Å². The summed E-state index contributed by atoms with van der Waals surface area (Å²) in [5.41, 5.74) is 2.02. The Balaban J connectivity index is 2.80. The molecule has 0 aliphatic rings. The molecule has 80 valence electrons. The molecule has 2 aromatic rings. The largest absolute Gasteiger partial charge is 0.319 e. The number of nitrogens with zero attached hydrogens (tertiary/aromatic N) is 3. The third kappa shape index (κ3) is 1.61. The molecule has 2 heterocycles. The highest BCUT2D eigenvalue weighted by Crippen LogP contribution is 2.23. The number of hydrogen-bond donors (Lipinski definition) is 0. The van der Waals surface area contributed by atoms with E-state index in [0.29, 0.717) is 5.15 Å². The maximum absolute atomic E-state index is 6.07. The van der Waals surface area contributed by atoms with Crippen molar-refractivity contribution in [3.63, 3.8) is 0 Å². The number of hydrogen-bond acceptors (Lipinski definition) is 2. The zero-order chi connectivity index (χ0) is 11.0. The van der Waals surface area contributed by atoms with Gasteiger partial charge in [0.2, 0.25) is 0 Å². The lowest BCUT2D eigenvalue weighted by Gasteiger charge is -2.03. The molecule has 15 heavy (non-hydrogen) atoms. The van der Waals surface area contributed by atoms with Gasteiger partial charge in [0, 0.05) is 18.9 Å². The fourth-order valence-corrected chi connectivity index (χ4v) is 1.89. The minimum absolute atomic E-state index is 0.710. The third-order valence-electron chi connectivity index (χ3n) is 2.60. The van der Waals surface area contributed by atoms with Crippen LogP contribution < -0.4 is 0 Å². The molecule has 0 fully saturated rings. The van der Waals surface area contributed by atoms with Crippen molar-refractivity contribution >= 4 is 22.6 Å². The van der Waals surface area contributed by atoms with Gasteiger partial charge in [-0.15, -0.1) is 0 Å². The Bertz CT molecular complexity index is 502. The second-order valence-corrected chi connectivity index (χ2v) is 3.94. The molecule has 0 radical (unpaired) electrons. The summed E-state index contributed by atoms with van der Waals surface area (Å²) in [4.78, 5) is 9.00. The Morgan fingerprint density at radius 3 is 2.60 bits per heavy atom. The molecule has 2 aromatic heterocycles. The van der Waals surface area contributed by atoms with Crippen LogP contribution in [-0.4, -0.2) is 14.5 Å². The van der Waals surface area contributed by atoms with E-state index < -0.39 is 0 Å². The van der Waals surface area contributed by atoms with Gasteiger partial charge in [-0.3, -0.25) is 0 Å². The van der Waals surface area contributed by atoms with Crippen LogP contribution in [0, 0.1) is 0 Å². The van der Waals surface area contributed by atoms with Crippen molar-refractivity contribution in [1.29, 1.82) is 0 Å². The predicted octanol–water partition coefficient (Wildman–Crippen LogP) is 2.75. The van der Waals surface area contributed by atoms with E-state index in [1.165, 1.54) is 0 Å². The van der Waals surface area contributed by atoms with Crippen LogP contribution >= 0.6 is 11.6 Å². The zero-order valence-electron chi connectivity index (χ0n) is 9.21. The standard InChI is InChI=1S/C11H14ClN3/c1-4-8-7-6-9(12)15(3)11(7)14-10(5-2)13-8/h6H,4-5H2,1-3H3. The first-order valence-corrected chi connectivity index (χ1v) is 5.55. The Morgan fingerprint density at radius 2 is 2.00 bits per heavy atom. The SMILES string of the molecule is CCc1nc(CC)c2cc(Cl)n(C)c2n1. The Labute approximate surface area is 94.1 Å². The Hall–Kier alpha value is -1.09. The van der Waals surface area contributed by atoms with E-state index >= 15 is 0 Å². The summed E-state index contributed by atoms with van der Waals surface area (Å²) < 4.78 is 1.90. The van der Waals surface area contributed by atoms with Gasteiger partial charge in [0.15, 0.2) is 0 Å². The van der Waals surface area contributed by atoms with Crippen LogP contribution in [0.3, 0.4) is 0 Å². The maximum Gasteiger partial charge on any atom is 0.144 e. The second kappa shape index (κ2) is 3.81. The number of aryl methyl sites for hydroxylation is 3. The fourth-order valence-electron chi connectivity index (χ4n) is 1.70. The monoisotopic (exact) mass is 223 g/mol. The molecule has 0 aromatic carbocycles. The van der Waals surface area contributed by atoms with E-state index in [-0.39, 0.29) is 0 Å². The van der Waals surface area contributed by atoms with Crippen LogP contribution in [0.25, 0.3) is 11.0 Å². The van der Waals surface area contributed by atoms with Gasteiger partial charge in [-0.1, -0.05) is 25.4 Å². The van der Waals surface area contributed by atoms with Gasteiger partial charge >= 0.3 is 0 Å². The Kier molecular flexibility index (Phi) is 2.65. The molecule has 0 spiro atoms. The molecule has 4 heteroatoms. The van der Waals surface area contributed by atoms with Crippen molar-refractivity contribution in [2.45, 2.75) is 26.7 Å². The summed E-state index contributed by atoms with van der Waals surface area (Å²) >= 11 is 6.07. The summed E-state index contributed by atoms with van der Waals surface area (Å²) in [6.45, 7) is 4.16. The van der Waals surface area contributed by atoms with Crippen LogP contribution in [0.2, 0.25) is 5.15 Å². The van der Waals surface area contributed by atoms with Gasteiger partial charge in [-0.25, -0.2) is 9.97 Å². The molecule has 0 atom stereocenters. The molecule has 0 unspecified atom stereocenters. The topological polar surface area (TPSA) is 30.7 Å². The molecular formula is C11H14ClN3. The molecule has 2 rings (SSSR count). The van der Waals surface area contributed by atoms with Gasteiger partial charge < -0.3 is 4.57 Å². The van der Waals surface area contributed by atoms with Crippen LogP contribution in [-0.2, 0) is 19.9 Å². The van der Waals surface area contributed by atoms with Gasteiger partial charge in [0.05, 0.1) is 5.69 Å². The van der Waals surface area contributed by atoms with Crippen molar-refractivity contribution in [2.75, 3.05) is 0 Å². The average Bonchev–Trinajstić information content (AvgIpc) is 2.54. The summed E-state index contributed by atoms with van der Waals surface area (Å²) in [5.74, 6) is 0.886. The second-order valence-electron chi connectivity index (χ2n) is 3.56. The normalized spacial score (nSPS) is 11.2. The number of halogens is 1. The van der Waals surface area contributed by atoms with Gasteiger partial charge in [-0.2, -0.15) is 0 Å². The summed E-state index contributed by atoms with van der Waals surface area (Å²) in [6.07, 6.45) is 1.76. The van der Waals surface area contributed by atoms with E-state index in [0.717, 1.165) is 35.4 Å². The molecule has 0 saturated heterocycles. The quantitative estimate of drug-likeness (QED) is 0.784. The predicted molar refractivity (Wildman–Crippen MR) is 62.3 cm³/mol. The van der Waals surface area contributed by atoms with E-state index in [2.05, 4.69) is 23.8 Å². The highest BCUT2D eigenvalue weighted by atomic mass is 35.5. The fraction of sp³-hybridized carbons (Fsp3) is 0.455. The van der Waals surface area contributed by atoms with Crippen molar-refractivity contribution in [1.82, 2.24) is 14.5 Å². The Morgan fingerprint density at radius 1 is 1.27 bits per heavy atom. The third-order valence-corrected chi connectivity index (χ3v) is 2.97. The lowest BCUT2D eigenvalue weighted by molar-refractivity contribution is 0.879. The summed E-state index contributed by atoms with van der Waals surface area (Å²) in [5, 5.41) is 1.78. The van der Waals surface area contributed by atoms with Crippen molar-refractivity contribution in [3.05, 3.63) is 22.7 Å². The van der Waals surface area contributed by atoms with E-state index in [1.54, 1.807) is 0 Å². The molecule has 0 amide bonds. The minimum Gasteiger partial charge on any atom is -0.319 e. The lowest BCUT2D eigenvalue weighted by Crippen LogP contribution is -2.00. The van der Waals surface area contributed by atoms with Crippen LogP contribution in [0.15, 0.2) is 6.07 Å². The number of fused-ring (bicyclic) bond motifs is 1. The smallest absolute Gasteiger partial charge is 0.144 e. The molecule has 0 aliphatic heterocycles. The molecule has 3 nitrogen and oxygen atoms in total. The minimum atomic E-state index is 0.710. The van der Waals surface area contributed by atoms with Crippen molar-refractivity contribution < 1.29 is 0 Å². The van der Waals surface area contributed by atoms with Crippen molar-refractivity contribution in [2.24, 2.45) is 7.05 Å². The van der Waals surface area contributed by atoms with Gasteiger partial charge in [0.25, 0.3) is 0 Å². The van der Waals surface area contributed by atoms with Gasteiger partial charge in [0.1, 0.15) is 16.6 Å². The van der Waals surface area contributed by atoms with Crippen LogP contribution in [0.5, 0.6) is 0 Å². The van der Waals surface area contributed by atoms with Crippen molar-refractivity contribution in [3.8, 4) is 0 Å². The van der Waals surface area contributed by atoms with Crippen LogP contribution in [0.1, 0.15) is 25.4 Å². The highest BCUT2D eigenvalue weighted by molar-refractivity contribution is 6.30. The van der Waals surface area contributed by atoms with E-state index in [1.807, 2.05) is 17.7 Å². The first kappa shape index (κ1) is 10.4. The zero-order valence-corrected chi connectivity index (χ0v) is 9.97. The molecule has 0 bridgehead atoms. The lowest BCUT2D eigenvalue weighted by atomic mass is 10.2. The van der Waals surface area contributed by atoms with E-state index in [9.17, 15) is 0 Å². The average molecular weight is 224 g/mol. The molecule has 0 saturated carbocycles. The van der Waals surface area contributed by atoms with E-state index in [4.69, 9.17) is 11.6 Å². The summed E-state index contributed by atoms with van der Waals surface area (Å²) in [7, 11) is 1.93. The first-order chi connectivity index (χ1) is 7.17. The molecule has 0 aliphatic carbocycles. The summed E-state index contributed by atoms with van der Waals surface area (Å²) in [6, 6.07) is 1.94. The maximum atomic E-state index is 6.07. The number of rotatable bonds is 2. The highest BCUT2D eigenvalue weighted by Gasteiger charge is 2.11.